The van der Waals surface area contributed by atoms with Crippen molar-refractivity contribution in [2.45, 2.75) is 30.4 Å². The summed E-state index contributed by atoms with van der Waals surface area (Å²) in [5.41, 5.74) is 2.94. The lowest BCUT2D eigenvalue weighted by Gasteiger charge is -2.23. The number of carbonyl (C=O) groups is 1. The fourth-order valence-electron chi connectivity index (χ4n) is 3.91. The van der Waals surface area contributed by atoms with Gasteiger partial charge >= 0.3 is 6.03 Å². The number of thioether (sulfide) groups is 1. The first-order valence-corrected chi connectivity index (χ1v) is 11.9. The fourth-order valence-corrected chi connectivity index (χ4v) is 6.32. The summed E-state index contributed by atoms with van der Waals surface area (Å²) >= 11 is 1.60. The minimum atomic E-state index is -3.16. The van der Waals surface area contributed by atoms with Gasteiger partial charge in [0.1, 0.15) is 0 Å². The fraction of sp³-hybridized carbons (Fsp3) is 0.350. The summed E-state index contributed by atoms with van der Waals surface area (Å²) in [4.78, 5) is 17.7. The number of hydrogen-bond donors (Lipinski definition) is 0. The molecular formula is C20H22N2O3S2. The molecule has 0 N–H and O–H groups in total. The molecule has 0 spiro atoms. The molecule has 0 aliphatic carbocycles. The molecule has 2 aromatic carbocycles. The molecule has 2 aliphatic heterocycles. The molecule has 0 radical (unpaired) electrons. The van der Waals surface area contributed by atoms with E-state index in [1.807, 2.05) is 61.7 Å². The summed E-state index contributed by atoms with van der Waals surface area (Å²) in [6.07, 6.45) is 1.98. The number of anilines is 1. The number of sulfone groups is 1. The largest absolute Gasteiger partial charge is 0.325 e. The van der Waals surface area contributed by atoms with E-state index >= 15 is 0 Å². The van der Waals surface area contributed by atoms with E-state index in [1.54, 1.807) is 21.6 Å². The predicted octanol–water partition coefficient (Wildman–Crippen LogP) is 3.32. The van der Waals surface area contributed by atoms with E-state index in [4.69, 9.17) is 0 Å². The van der Waals surface area contributed by atoms with Gasteiger partial charge in [0.2, 0.25) is 0 Å². The van der Waals surface area contributed by atoms with Crippen LogP contribution in [-0.2, 0) is 16.4 Å². The molecule has 5 nitrogen and oxygen atoms in total. The van der Waals surface area contributed by atoms with Crippen LogP contribution in [0.4, 0.5) is 10.5 Å². The Morgan fingerprint density at radius 3 is 2.48 bits per heavy atom. The van der Waals surface area contributed by atoms with Crippen LogP contribution in [0.2, 0.25) is 0 Å². The Kier molecular flexibility index (Phi) is 4.68. The van der Waals surface area contributed by atoms with Gasteiger partial charge in [0.25, 0.3) is 0 Å². The summed E-state index contributed by atoms with van der Waals surface area (Å²) < 4.78 is 24.6. The summed E-state index contributed by atoms with van der Waals surface area (Å²) in [7, 11) is -3.16. The highest BCUT2D eigenvalue weighted by Crippen LogP contribution is 2.36. The maximum absolute atomic E-state index is 13.3. The Balaban J connectivity index is 1.70. The number of rotatable bonds is 4. The number of amides is 2. The molecule has 2 aromatic rings. The van der Waals surface area contributed by atoms with Gasteiger partial charge in [-0.1, -0.05) is 35.9 Å². The van der Waals surface area contributed by atoms with E-state index in [2.05, 4.69) is 0 Å². The first kappa shape index (κ1) is 18.4. The lowest BCUT2D eigenvalue weighted by Crippen LogP contribution is -2.37. The Labute approximate surface area is 164 Å². The number of urea groups is 1. The lowest BCUT2D eigenvalue weighted by molar-refractivity contribution is 0.206. The van der Waals surface area contributed by atoms with Crippen molar-refractivity contribution in [3.05, 3.63) is 59.7 Å². The van der Waals surface area contributed by atoms with Crippen LogP contribution in [0.25, 0.3) is 0 Å². The standard InChI is InChI=1S/C20H22N2O3S2/c1-14-6-8-15(9-7-14)11-21-18-12-27(24,25)13-19(18)22(20(21)23)16-4-3-5-17(10-16)26-2/h3-10,18-19H,11-13H2,1-2H3. The Morgan fingerprint density at radius 1 is 1.07 bits per heavy atom. The highest BCUT2D eigenvalue weighted by Gasteiger charge is 2.53. The molecule has 2 fully saturated rings. The average Bonchev–Trinajstić information content (AvgIpc) is 3.07. The zero-order valence-electron chi connectivity index (χ0n) is 15.3. The highest BCUT2D eigenvalue weighted by atomic mass is 32.2. The molecule has 2 unspecified atom stereocenters. The number of carbonyl (C=O) groups excluding carboxylic acids is 1. The highest BCUT2D eigenvalue weighted by molar-refractivity contribution is 7.98. The molecule has 7 heteroatoms. The van der Waals surface area contributed by atoms with E-state index in [1.165, 1.54) is 0 Å². The van der Waals surface area contributed by atoms with Crippen molar-refractivity contribution in [2.75, 3.05) is 22.7 Å². The second-order valence-corrected chi connectivity index (χ2v) is 10.2. The van der Waals surface area contributed by atoms with Crippen molar-refractivity contribution in [3.63, 3.8) is 0 Å². The van der Waals surface area contributed by atoms with E-state index < -0.39 is 9.84 Å². The second-order valence-electron chi connectivity index (χ2n) is 7.18. The molecule has 2 atom stereocenters. The molecular weight excluding hydrogens is 380 g/mol. The maximum atomic E-state index is 13.3. The average molecular weight is 403 g/mol. The third-order valence-electron chi connectivity index (χ3n) is 5.28. The van der Waals surface area contributed by atoms with E-state index in [9.17, 15) is 13.2 Å². The van der Waals surface area contributed by atoms with E-state index in [0.717, 1.165) is 21.7 Å². The molecule has 27 heavy (non-hydrogen) atoms. The number of hydrogen-bond acceptors (Lipinski definition) is 4. The van der Waals surface area contributed by atoms with Gasteiger partial charge in [0.15, 0.2) is 9.84 Å². The molecule has 0 bridgehead atoms. The first-order chi connectivity index (χ1) is 12.9. The SMILES string of the molecule is CSc1cccc(N2C(=O)N(Cc3ccc(C)cc3)C3CS(=O)(=O)CC32)c1. The summed E-state index contributed by atoms with van der Waals surface area (Å²) in [5.74, 6) is 0.0608. The zero-order valence-corrected chi connectivity index (χ0v) is 17.0. The van der Waals surface area contributed by atoms with Gasteiger partial charge in [0, 0.05) is 17.1 Å². The van der Waals surface area contributed by atoms with E-state index in [0.29, 0.717) is 6.54 Å². The second kappa shape index (κ2) is 6.87. The van der Waals surface area contributed by atoms with Crippen molar-refractivity contribution in [2.24, 2.45) is 0 Å². The van der Waals surface area contributed by atoms with Gasteiger partial charge in [-0.3, -0.25) is 4.90 Å². The third-order valence-corrected chi connectivity index (χ3v) is 7.71. The van der Waals surface area contributed by atoms with Crippen LogP contribution in [-0.4, -0.2) is 49.2 Å². The van der Waals surface area contributed by atoms with Crippen LogP contribution in [0.15, 0.2) is 53.4 Å². The maximum Gasteiger partial charge on any atom is 0.325 e. The van der Waals surface area contributed by atoms with Crippen LogP contribution in [0.1, 0.15) is 11.1 Å². The summed E-state index contributed by atoms with van der Waals surface area (Å²) in [5, 5.41) is 0. The van der Waals surface area contributed by atoms with Crippen molar-refractivity contribution in [3.8, 4) is 0 Å². The topological polar surface area (TPSA) is 57.7 Å². The Bertz CT molecular complexity index is 973. The van der Waals surface area contributed by atoms with Gasteiger partial charge in [-0.25, -0.2) is 13.2 Å². The Hall–Kier alpha value is -1.99. The van der Waals surface area contributed by atoms with Crippen LogP contribution < -0.4 is 4.90 Å². The number of benzene rings is 2. The number of aryl methyl sites for hydroxylation is 1. The van der Waals surface area contributed by atoms with Crippen molar-refractivity contribution in [1.29, 1.82) is 0 Å². The predicted molar refractivity (Wildman–Crippen MR) is 109 cm³/mol. The van der Waals surface area contributed by atoms with Gasteiger partial charge in [0.05, 0.1) is 23.6 Å². The van der Waals surface area contributed by atoms with Crippen LogP contribution in [0, 0.1) is 6.92 Å². The molecule has 2 heterocycles. The molecule has 4 rings (SSSR count). The van der Waals surface area contributed by atoms with Gasteiger partial charge in [-0.05, 0) is 36.9 Å². The molecule has 0 saturated carbocycles. The van der Waals surface area contributed by atoms with Gasteiger partial charge < -0.3 is 4.90 Å². The smallest absolute Gasteiger partial charge is 0.314 e. The van der Waals surface area contributed by atoms with Gasteiger partial charge in [-0.2, -0.15) is 0 Å². The van der Waals surface area contributed by atoms with Crippen LogP contribution >= 0.6 is 11.8 Å². The normalized spacial score (nSPS) is 23.7. The number of fused-ring (bicyclic) bond motifs is 1. The van der Waals surface area contributed by atoms with Crippen molar-refractivity contribution in [1.82, 2.24) is 4.90 Å². The quantitative estimate of drug-likeness (QED) is 0.581. The van der Waals surface area contributed by atoms with Gasteiger partial charge in [-0.15, -0.1) is 11.8 Å². The Morgan fingerprint density at radius 2 is 1.78 bits per heavy atom. The van der Waals surface area contributed by atoms with Crippen LogP contribution in [0.3, 0.4) is 0 Å². The minimum absolute atomic E-state index is 0.0251. The van der Waals surface area contributed by atoms with Crippen LogP contribution in [0.5, 0.6) is 0 Å². The third kappa shape index (κ3) is 3.46. The monoisotopic (exact) mass is 402 g/mol. The first-order valence-electron chi connectivity index (χ1n) is 8.88. The molecule has 2 amide bonds. The summed E-state index contributed by atoms with van der Waals surface area (Å²) in [6.45, 7) is 2.44. The molecule has 0 aromatic heterocycles. The zero-order chi connectivity index (χ0) is 19.2. The summed E-state index contributed by atoms with van der Waals surface area (Å²) in [6, 6.07) is 15.0. The molecule has 2 aliphatic rings. The lowest BCUT2D eigenvalue weighted by atomic mass is 10.1. The van der Waals surface area contributed by atoms with Crippen molar-refractivity contribution < 1.29 is 13.2 Å². The number of nitrogens with zero attached hydrogens (tertiary/aromatic N) is 2. The minimum Gasteiger partial charge on any atom is -0.314 e. The molecule has 142 valence electrons. The molecule has 2 saturated heterocycles. The van der Waals surface area contributed by atoms with E-state index in [-0.39, 0.29) is 29.6 Å². The van der Waals surface area contributed by atoms with Crippen molar-refractivity contribution >= 4 is 33.3 Å².